The maximum Gasteiger partial charge on any atom is 0.481 e. The Bertz CT molecular complexity index is 2080. The van der Waals surface area contributed by atoms with Crippen molar-refractivity contribution >= 4 is 69.1 Å². The molecule has 59 heavy (non-hydrogen) atoms. The zero-order valence-electron chi connectivity index (χ0n) is 31.2. The fraction of sp³-hybridized carbons (Fsp3) is 0.533. The van der Waals surface area contributed by atoms with Gasteiger partial charge in [-0.15, -0.1) is 0 Å². The van der Waals surface area contributed by atoms with Gasteiger partial charge in [-0.1, -0.05) is 55.9 Å². The van der Waals surface area contributed by atoms with Crippen LogP contribution in [0.3, 0.4) is 0 Å². The van der Waals surface area contributed by atoms with Crippen molar-refractivity contribution in [2.45, 2.75) is 63.4 Å². The van der Waals surface area contributed by atoms with Crippen LogP contribution in [0.15, 0.2) is 43.0 Å². The van der Waals surface area contributed by atoms with E-state index >= 15 is 0 Å². The Labute approximate surface area is 339 Å². The van der Waals surface area contributed by atoms with Crippen molar-refractivity contribution in [1.82, 2.24) is 30.2 Å². The van der Waals surface area contributed by atoms with Gasteiger partial charge in [0.2, 0.25) is 16.9 Å². The van der Waals surface area contributed by atoms with E-state index in [0.717, 1.165) is 34.5 Å². The number of thioether (sulfide) groups is 1. The highest BCUT2D eigenvalue weighted by atomic mass is 32.2. The Balaban J connectivity index is 1.20. The number of aliphatic hydroxyl groups excluding tert-OH is 3. The van der Waals surface area contributed by atoms with Crippen LogP contribution in [-0.4, -0.2) is 134 Å². The van der Waals surface area contributed by atoms with Gasteiger partial charge in [0, 0.05) is 37.1 Å². The molecular weight excluding hydrogens is 871 g/mol. The zero-order chi connectivity index (χ0) is 43.8. The molecule has 0 spiro atoms. The highest BCUT2D eigenvalue weighted by Gasteiger charge is 2.50. The fourth-order valence-corrected chi connectivity index (χ4v) is 8.81. The number of nitrogens with zero attached hydrogens (tertiary/aromatic N) is 4. The molecule has 3 aromatic rings. The number of phosphoric acid groups is 3. The number of carbonyl (C=O) groups is 3. The van der Waals surface area contributed by atoms with Gasteiger partial charge in [0.25, 0.3) is 0 Å². The predicted molar refractivity (Wildman–Crippen MR) is 203 cm³/mol. The van der Waals surface area contributed by atoms with Gasteiger partial charge in [-0.3, -0.25) is 32.5 Å². The van der Waals surface area contributed by atoms with E-state index in [-0.39, 0.29) is 48.7 Å². The molecule has 4 unspecified atom stereocenters. The maximum absolute atomic E-state index is 12.7. The van der Waals surface area contributed by atoms with Crippen LogP contribution in [0.2, 0.25) is 0 Å². The molecule has 8 atom stereocenters. The third-order valence-corrected chi connectivity index (χ3v) is 12.4. The number of aromatic nitrogens is 4. The lowest BCUT2D eigenvalue weighted by molar-refractivity contribution is -0.137. The van der Waals surface area contributed by atoms with Crippen molar-refractivity contribution in [2.24, 2.45) is 5.41 Å². The number of carbonyl (C=O) groups excluding carboxylic acids is 3. The van der Waals surface area contributed by atoms with Gasteiger partial charge in [-0.2, -0.15) is 4.31 Å². The van der Waals surface area contributed by atoms with E-state index in [1.54, 1.807) is 24.3 Å². The molecule has 1 aliphatic rings. The van der Waals surface area contributed by atoms with Gasteiger partial charge < -0.3 is 56.0 Å². The number of nitrogen functional groups attached to an aromatic ring is 1. The van der Waals surface area contributed by atoms with Gasteiger partial charge in [0.1, 0.15) is 42.4 Å². The SMILES string of the molecule is CC(C)(COP(=O)(O)OP(=O)(O)OC[C@H]1O[C@@H](n2cnc3c(N)ncnc32)[C@H](O)[C@@H]1OP(=O)(O)O)C(O)C(=O)NCCC(=O)NCCSC(=O)C(O)Cc1ccccc1. The number of fused-ring (bicyclic) bond motifs is 1. The van der Waals surface area contributed by atoms with Crippen LogP contribution in [-0.2, 0) is 57.1 Å². The Morgan fingerprint density at radius 1 is 1.00 bits per heavy atom. The fourth-order valence-electron chi connectivity index (χ4n) is 5.30. The lowest BCUT2D eigenvalue weighted by Gasteiger charge is -2.30. The summed E-state index contributed by atoms with van der Waals surface area (Å²) in [4.78, 5) is 87.9. The van der Waals surface area contributed by atoms with Crippen LogP contribution >= 0.6 is 35.2 Å². The number of amides is 2. The molecule has 0 saturated carbocycles. The van der Waals surface area contributed by atoms with Gasteiger partial charge in [-0.25, -0.2) is 28.6 Å². The quantitative estimate of drug-likeness (QED) is 0.0438. The van der Waals surface area contributed by atoms with Crippen LogP contribution in [0.1, 0.15) is 32.1 Å². The van der Waals surface area contributed by atoms with E-state index < -0.39 is 95.8 Å². The minimum Gasteiger partial charge on any atom is -0.386 e. The highest BCUT2D eigenvalue weighted by molar-refractivity contribution is 8.13. The molecule has 0 radical (unpaired) electrons. The smallest absolute Gasteiger partial charge is 0.386 e. The topological polar surface area (TPSA) is 384 Å². The van der Waals surface area contributed by atoms with E-state index in [1.807, 2.05) is 6.07 Å². The van der Waals surface area contributed by atoms with E-state index in [0.29, 0.717) is 0 Å². The molecule has 328 valence electrons. The Kier molecular flexibility index (Phi) is 16.8. The number of nitrogens with two attached hydrogens (primary N) is 1. The number of rotatable bonds is 22. The summed E-state index contributed by atoms with van der Waals surface area (Å²) in [6.07, 6.45) is -8.11. The minimum atomic E-state index is -5.59. The first-order valence-electron chi connectivity index (χ1n) is 17.3. The molecule has 1 fully saturated rings. The summed E-state index contributed by atoms with van der Waals surface area (Å²) in [7, 11) is -16.4. The Hall–Kier alpha value is -3.26. The second kappa shape index (κ2) is 20.5. The van der Waals surface area contributed by atoms with Gasteiger partial charge in [0.15, 0.2) is 17.7 Å². The Morgan fingerprint density at radius 3 is 2.36 bits per heavy atom. The molecule has 0 aliphatic carbocycles. The highest BCUT2D eigenvalue weighted by Crippen LogP contribution is 2.61. The average Bonchev–Trinajstić information content (AvgIpc) is 3.71. The molecule has 29 heteroatoms. The van der Waals surface area contributed by atoms with Crippen LogP contribution in [0.5, 0.6) is 0 Å². The molecule has 3 heterocycles. The summed E-state index contributed by atoms with van der Waals surface area (Å²) in [5.41, 5.74) is 5.01. The second-order valence-corrected chi connectivity index (χ2v) is 18.8. The normalized spacial score (nSPS) is 21.6. The average molecular weight is 916 g/mol. The molecule has 1 aromatic carbocycles. The number of nitrogens with one attached hydrogen (secondary N) is 2. The summed E-state index contributed by atoms with van der Waals surface area (Å²) in [5.74, 6) is -1.37. The number of hydrogen-bond donors (Lipinski definition) is 10. The van der Waals surface area contributed by atoms with Crippen molar-refractivity contribution in [2.75, 3.05) is 37.8 Å². The second-order valence-electron chi connectivity index (χ2n) is 13.4. The molecule has 25 nitrogen and oxygen atoms in total. The summed E-state index contributed by atoms with van der Waals surface area (Å²) in [6.45, 7) is 0.270. The molecule has 1 aliphatic heterocycles. The number of phosphoric ester groups is 3. The summed E-state index contributed by atoms with van der Waals surface area (Å²) >= 11 is 0.848. The number of anilines is 1. The van der Waals surface area contributed by atoms with Gasteiger partial charge >= 0.3 is 23.5 Å². The summed E-state index contributed by atoms with van der Waals surface area (Å²) in [5, 5.41) is 36.0. The molecule has 11 N–H and O–H groups in total. The van der Waals surface area contributed by atoms with Crippen molar-refractivity contribution < 1.29 is 85.6 Å². The predicted octanol–water partition coefficient (Wildman–Crippen LogP) is -0.732. The van der Waals surface area contributed by atoms with Crippen molar-refractivity contribution in [3.63, 3.8) is 0 Å². The molecular formula is C30H44N7O18P3S. The van der Waals surface area contributed by atoms with Crippen molar-refractivity contribution in [3.05, 3.63) is 48.5 Å². The third kappa shape index (κ3) is 14.4. The largest absolute Gasteiger partial charge is 0.481 e. The van der Waals surface area contributed by atoms with Crippen LogP contribution in [0, 0.1) is 5.41 Å². The van der Waals surface area contributed by atoms with Crippen LogP contribution < -0.4 is 16.4 Å². The van der Waals surface area contributed by atoms with E-state index in [4.69, 9.17) is 19.5 Å². The number of hydrogen-bond acceptors (Lipinski definition) is 19. The van der Waals surface area contributed by atoms with Crippen molar-refractivity contribution in [3.8, 4) is 0 Å². The van der Waals surface area contributed by atoms with Gasteiger partial charge in [-0.05, 0) is 5.56 Å². The standard InChI is InChI=1S/C30H44N7O18P3S/c1-30(2,24(41)27(42)33-9-8-20(39)32-10-11-59-29(43)18(38)12-17-6-4-3-5-7-17)14-52-58(49,50)55-57(47,48)51-13-19-23(54-56(44,45)46)22(40)28(53-19)37-16-36-21-25(31)34-15-35-26(21)37/h3-7,15-16,18-19,22-24,28,38,40-41H,8-14H2,1-2H3,(H,32,39)(H,33,42)(H,47,48)(H,49,50)(H2,31,34,35)(H2,44,45,46)/t18?,19-,22-,23-,24?,28-/m1/s1. The lowest BCUT2D eigenvalue weighted by Crippen LogP contribution is -2.46. The first-order valence-corrected chi connectivity index (χ1v) is 22.8. The number of ether oxygens (including phenoxy) is 1. The number of benzene rings is 1. The molecule has 0 bridgehead atoms. The molecule has 4 rings (SSSR count). The Morgan fingerprint density at radius 2 is 1.68 bits per heavy atom. The molecule has 2 amide bonds. The maximum atomic E-state index is 12.7. The van der Waals surface area contributed by atoms with Crippen LogP contribution in [0.25, 0.3) is 11.2 Å². The van der Waals surface area contributed by atoms with Crippen molar-refractivity contribution in [1.29, 1.82) is 0 Å². The summed E-state index contributed by atoms with van der Waals surface area (Å²) in [6, 6.07) is 8.94. The van der Waals surface area contributed by atoms with Crippen LogP contribution in [0.4, 0.5) is 5.82 Å². The summed E-state index contributed by atoms with van der Waals surface area (Å²) < 4.78 is 62.1. The monoisotopic (exact) mass is 915 g/mol. The third-order valence-electron chi connectivity index (χ3n) is 8.29. The minimum absolute atomic E-state index is 0.0239. The van der Waals surface area contributed by atoms with E-state index in [9.17, 15) is 63.0 Å². The number of imidazole rings is 1. The first kappa shape index (κ1) is 48.4. The lowest BCUT2D eigenvalue weighted by atomic mass is 9.87. The molecule has 1 saturated heterocycles. The van der Waals surface area contributed by atoms with E-state index in [2.05, 4.69) is 34.4 Å². The molecule has 2 aromatic heterocycles. The number of aliphatic hydroxyl groups is 3. The zero-order valence-corrected chi connectivity index (χ0v) is 34.7. The van der Waals surface area contributed by atoms with E-state index in [1.165, 1.54) is 13.8 Å². The first-order chi connectivity index (χ1) is 27.5. The van der Waals surface area contributed by atoms with Gasteiger partial charge in [0.05, 0.1) is 19.5 Å².